The molecule has 0 atom stereocenters. The smallest absolute Gasteiger partial charge is 0.264 e. The van der Waals surface area contributed by atoms with E-state index in [-0.39, 0.29) is 10.6 Å². The molecule has 0 aliphatic heterocycles. The largest absolute Gasteiger partial charge is 0.293 e. The Morgan fingerprint density at radius 3 is 2.30 bits per heavy atom. The van der Waals surface area contributed by atoms with Gasteiger partial charge in [0.05, 0.1) is 10.6 Å². The molecule has 1 amide bonds. The van der Waals surface area contributed by atoms with Gasteiger partial charge in [0.15, 0.2) is 0 Å². The number of nitrogens with one attached hydrogen (secondary N) is 1. The number of nitrogens with two attached hydrogens (primary N) is 1. The van der Waals surface area contributed by atoms with Crippen molar-refractivity contribution in [3.8, 4) is 0 Å². The summed E-state index contributed by atoms with van der Waals surface area (Å²) >= 11 is 11.7. The number of amides is 1. The van der Waals surface area contributed by atoms with Gasteiger partial charge in [-0.2, -0.15) is 0 Å². The molecule has 9 heteroatoms. The summed E-state index contributed by atoms with van der Waals surface area (Å²) < 4.78 is 26.6. The van der Waals surface area contributed by atoms with Crippen LogP contribution in [-0.4, -0.2) is 20.9 Å². The van der Waals surface area contributed by atoms with Gasteiger partial charge in [0, 0.05) is 10.0 Å². The molecule has 0 spiro atoms. The quantitative estimate of drug-likeness (QED) is 0.477. The van der Waals surface area contributed by atoms with Crippen molar-refractivity contribution >= 4 is 44.8 Å². The monoisotopic (exact) mass is 373 g/mol. The van der Waals surface area contributed by atoms with E-state index in [1.165, 1.54) is 36.4 Å². The zero-order chi connectivity index (χ0) is 17.0. The second-order valence-electron chi connectivity index (χ2n) is 4.51. The maximum Gasteiger partial charge on any atom is 0.264 e. The number of nitrogens with zero attached hydrogens (tertiary/aromatic N) is 1. The van der Waals surface area contributed by atoms with Gasteiger partial charge in [0.2, 0.25) is 0 Å². The van der Waals surface area contributed by atoms with Gasteiger partial charge < -0.3 is 0 Å². The number of anilines is 1. The number of rotatable bonds is 5. The normalized spacial score (nSPS) is 11.1. The number of carbonyl (C=O) groups excluding carboxylic acids is 1. The minimum atomic E-state index is -3.99. The van der Waals surface area contributed by atoms with Gasteiger partial charge in [-0.1, -0.05) is 29.3 Å². The van der Waals surface area contributed by atoms with Gasteiger partial charge in [-0.25, -0.2) is 14.3 Å². The highest BCUT2D eigenvalue weighted by Crippen LogP contribution is 2.26. The third-order valence-corrected chi connectivity index (χ3v) is 5.22. The number of hydrogen-bond acceptors (Lipinski definition) is 4. The van der Waals surface area contributed by atoms with Crippen LogP contribution in [0.3, 0.4) is 0 Å². The molecule has 122 valence electrons. The molecular weight excluding hydrogens is 361 g/mol. The standard InChI is InChI=1S/C14H13Cl2N3O3S/c15-10-4-6-13(7-5-10)23(21,22)19(9-14(20)18-17)12-3-1-2-11(16)8-12/h1-8H,9,17H2,(H,18,20). The minimum absolute atomic E-state index is 0.00769. The summed E-state index contributed by atoms with van der Waals surface area (Å²) in [5.41, 5.74) is 2.16. The summed E-state index contributed by atoms with van der Waals surface area (Å²) in [6.45, 7) is -0.484. The van der Waals surface area contributed by atoms with Gasteiger partial charge in [0.25, 0.3) is 15.9 Å². The molecular formula is C14H13Cl2N3O3S. The molecule has 0 aliphatic rings. The van der Waals surface area contributed by atoms with Gasteiger partial charge in [-0.15, -0.1) is 0 Å². The first kappa shape index (κ1) is 17.6. The molecule has 0 saturated carbocycles. The molecule has 0 heterocycles. The highest BCUT2D eigenvalue weighted by Gasteiger charge is 2.27. The molecule has 3 N–H and O–H groups in total. The van der Waals surface area contributed by atoms with E-state index in [1.807, 2.05) is 5.43 Å². The van der Waals surface area contributed by atoms with Crippen molar-refractivity contribution in [2.45, 2.75) is 4.90 Å². The Labute approximate surface area is 143 Å². The van der Waals surface area contributed by atoms with E-state index in [1.54, 1.807) is 12.1 Å². The first-order valence-electron chi connectivity index (χ1n) is 6.38. The van der Waals surface area contributed by atoms with E-state index in [2.05, 4.69) is 0 Å². The van der Waals surface area contributed by atoms with Crippen molar-refractivity contribution < 1.29 is 13.2 Å². The van der Waals surface area contributed by atoms with Crippen LogP contribution in [-0.2, 0) is 14.8 Å². The first-order valence-corrected chi connectivity index (χ1v) is 8.57. The van der Waals surface area contributed by atoms with Gasteiger partial charge in [-0.3, -0.25) is 14.5 Å². The number of carbonyl (C=O) groups is 1. The fourth-order valence-electron chi connectivity index (χ4n) is 1.86. The molecule has 0 unspecified atom stereocenters. The van der Waals surface area contributed by atoms with Gasteiger partial charge in [0.1, 0.15) is 6.54 Å². The third kappa shape index (κ3) is 4.14. The van der Waals surface area contributed by atoms with Crippen LogP contribution in [0.15, 0.2) is 53.4 Å². The molecule has 0 aromatic heterocycles. The lowest BCUT2D eigenvalue weighted by atomic mass is 10.3. The van der Waals surface area contributed by atoms with E-state index in [4.69, 9.17) is 29.0 Å². The maximum atomic E-state index is 12.8. The van der Waals surface area contributed by atoms with Crippen LogP contribution in [0.1, 0.15) is 0 Å². The fourth-order valence-corrected chi connectivity index (χ4v) is 3.58. The number of sulfonamides is 1. The second-order valence-corrected chi connectivity index (χ2v) is 7.25. The first-order chi connectivity index (χ1) is 10.8. The van der Waals surface area contributed by atoms with E-state index in [0.717, 1.165) is 4.31 Å². The van der Waals surface area contributed by atoms with E-state index in [0.29, 0.717) is 10.0 Å². The molecule has 0 saturated heterocycles. The maximum absolute atomic E-state index is 12.8. The Balaban J connectivity index is 2.51. The van der Waals surface area contributed by atoms with Crippen molar-refractivity contribution in [2.75, 3.05) is 10.8 Å². The molecule has 0 aliphatic carbocycles. The molecule has 23 heavy (non-hydrogen) atoms. The Morgan fingerprint density at radius 1 is 1.09 bits per heavy atom. The number of benzene rings is 2. The van der Waals surface area contributed by atoms with E-state index < -0.39 is 22.5 Å². The number of hydrogen-bond donors (Lipinski definition) is 2. The topological polar surface area (TPSA) is 92.5 Å². The van der Waals surface area contributed by atoms with Crippen molar-refractivity contribution in [3.63, 3.8) is 0 Å². The summed E-state index contributed by atoms with van der Waals surface area (Å²) in [7, 11) is -3.99. The Morgan fingerprint density at radius 2 is 1.74 bits per heavy atom. The van der Waals surface area contributed by atoms with Crippen LogP contribution >= 0.6 is 23.2 Å². The Kier molecular flexibility index (Phi) is 5.48. The van der Waals surface area contributed by atoms with Crippen molar-refractivity contribution in [1.82, 2.24) is 5.43 Å². The molecule has 6 nitrogen and oxygen atoms in total. The molecule has 2 aromatic rings. The van der Waals surface area contributed by atoms with Gasteiger partial charge in [-0.05, 0) is 42.5 Å². The predicted molar refractivity (Wildman–Crippen MR) is 89.8 cm³/mol. The zero-order valence-corrected chi connectivity index (χ0v) is 14.1. The predicted octanol–water partition coefficient (Wildman–Crippen LogP) is 2.18. The summed E-state index contributed by atoms with van der Waals surface area (Å²) in [5, 5.41) is 0.741. The van der Waals surface area contributed by atoms with Crippen molar-refractivity contribution in [2.24, 2.45) is 5.84 Å². The van der Waals surface area contributed by atoms with Crippen LogP contribution in [0.5, 0.6) is 0 Å². The number of hydrazine groups is 1. The van der Waals surface area contributed by atoms with Crippen molar-refractivity contribution in [1.29, 1.82) is 0 Å². The molecule has 2 rings (SSSR count). The average molecular weight is 374 g/mol. The Hall–Kier alpha value is -1.80. The SMILES string of the molecule is NNC(=O)CN(c1cccc(Cl)c1)S(=O)(=O)c1ccc(Cl)cc1. The molecule has 0 fully saturated rings. The number of halogens is 2. The second kappa shape index (κ2) is 7.18. The van der Waals surface area contributed by atoms with Crippen LogP contribution in [0.4, 0.5) is 5.69 Å². The minimum Gasteiger partial charge on any atom is -0.293 e. The lowest BCUT2D eigenvalue weighted by molar-refractivity contribution is -0.119. The average Bonchev–Trinajstić information content (AvgIpc) is 2.52. The summed E-state index contributed by atoms with van der Waals surface area (Å²) in [6, 6.07) is 11.8. The highest BCUT2D eigenvalue weighted by molar-refractivity contribution is 7.92. The summed E-state index contributed by atoms with van der Waals surface area (Å²) in [4.78, 5) is 11.6. The van der Waals surface area contributed by atoms with Crippen LogP contribution in [0, 0.1) is 0 Å². The molecule has 0 radical (unpaired) electrons. The summed E-state index contributed by atoms with van der Waals surface area (Å²) in [5.74, 6) is 4.40. The van der Waals surface area contributed by atoms with Crippen LogP contribution in [0.25, 0.3) is 0 Å². The fraction of sp³-hybridized carbons (Fsp3) is 0.0714. The zero-order valence-electron chi connectivity index (χ0n) is 11.7. The van der Waals surface area contributed by atoms with E-state index in [9.17, 15) is 13.2 Å². The third-order valence-electron chi connectivity index (χ3n) is 2.95. The summed E-state index contributed by atoms with van der Waals surface area (Å²) in [6.07, 6.45) is 0. The van der Waals surface area contributed by atoms with Gasteiger partial charge >= 0.3 is 0 Å². The molecule has 0 bridgehead atoms. The lowest BCUT2D eigenvalue weighted by Crippen LogP contribution is -2.43. The van der Waals surface area contributed by atoms with Crippen LogP contribution < -0.4 is 15.6 Å². The molecule has 2 aromatic carbocycles. The van der Waals surface area contributed by atoms with E-state index >= 15 is 0 Å². The van der Waals surface area contributed by atoms with Crippen molar-refractivity contribution in [3.05, 3.63) is 58.6 Å². The lowest BCUT2D eigenvalue weighted by Gasteiger charge is -2.23. The highest BCUT2D eigenvalue weighted by atomic mass is 35.5. The van der Waals surface area contributed by atoms with Crippen LogP contribution in [0.2, 0.25) is 10.0 Å². The Bertz CT molecular complexity index is 810.